The average molecular weight is 287 g/mol. The summed E-state index contributed by atoms with van der Waals surface area (Å²) in [7, 11) is 0. The van der Waals surface area contributed by atoms with E-state index in [9.17, 15) is 4.79 Å². The van der Waals surface area contributed by atoms with Crippen molar-refractivity contribution in [1.29, 1.82) is 0 Å². The number of thiazole rings is 1. The Labute approximate surface area is 117 Å². The van der Waals surface area contributed by atoms with Crippen molar-refractivity contribution in [3.8, 4) is 0 Å². The van der Waals surface area contributed by atoms with E-state index in [1.807, 2.05) is 11.8 Å². The lowest BCUT2D eigenvalue weighted by atomic mass is 9.91. The van der Waals surface area contributed by atoms with Crippen molar-refractivity contribution >= 4 is 29.1 Å². The van der Waals surface area contributed by atoms with Gasteiger partial charge >= 0.3 is 5.97 Å². The van der Waals surface area contributed by atoms with Crippen LogP contribution < -0.4 is 0 Å². The second kappa shape index (κ2) is 6.06. The smallest absolute Gasteiger partial charge is 0.308 e. The molecule has 0 aliphatic carbocycles. The summed E-state index contributed by atoms with van der Waals surface area (Å²) in [5.41, 5.74) is 0.844. The highest BCUT2D eigenvalue weighted by molar-refractivity contribution is 7.99. The van der Waals surface area contributed by atoms with E-state index >= 15 is 0 Å². The molecule has 1 heterocycles. The summed E-state index contributed by atoms with van der Waals surface area (Å²) in [4.78, 5) is 16.4. The molecule has 0 radical (unpaired) electrons. The fourth-order valence-corrected chi connectivity index (χ4v) is 3.59. The first-order valence-corrected chi connectivity index (χ1v) is 7.89. The van der Waals surface area contributed by atoms with Gasteiger partial charge in [0.05, 0.1) is 12.1 Å². The number of thioether (sulfide) groups is 1. The predicted octanol–water partition coefficient (Wildman–Crippen LogP) is 3.71. The van der Waals surface area contributed by atoms with Gasteiger partial charge in [-0.3, -0.25) is 4.79 Å². The molecule has 0 saturated carbocycles. The molecular formula is C13H21NO2S2. The highest BCUT2D eigenvalue weighted by atomic mass is 32.2. The van der Waals surface area contributed by atoms with Crippen molar-refractivity contribution in [3.63, 3.8) is 0 Å². The SMILES string of the molecule is CC(C)SCc1nc(C(C)(C)C)c(CC(=O)O)s1. The van der Waals surface area contributed by atoms with Gasteiger partial charge in [0, 0.05) is 16.0 Å². The summed E-state index contributed by atoms with van der Waals surface area (Å²) < 4.78 is 0. The second-order valence-electron chi connectivity index (χ2n) is 5.56. The Bertz CT molecular complexity index is 419. The van der Waals surface area contributed by atoms with Crippen molar-refractivity contribution in [3.05, 3.63) is 15.6 Å². The summed E-state index contributed by atoms with van der Waals surface area (Å²) in [5.74, 6) is 0.0811. The Kier molecular flexibility index (Phi) is 5.22. The Balaban J connectivity index is 2.96. The molecule has 0 amide bonds. The third-order valence-electron chi connectivity index (χ3n) is 2.30. The molecule has 0 bridgehead atoms. The molecule has 0 aliphatic heterocycles. The lowest BCUT2D eigenvalue weighted by Crippen LogP contribution is -2.15. The van der Waals surface area contributed by atoms with E-state index in [1.165, 1.54) is 0 Å². The van der Waals surface area contributed by atoms with Crippen molar-refractivity contribution < 1.29 is 9.90 Å². The molecule has 1 rings (SSSR count). The van der Waals surface area contributed by atoms with E-state index in [4.69, 9.17) is 5.11 Å². The number of carboxylic acid groups (broad SMARTS) is 1. The van der Waals surface area contributed by atoms with Crippen LogP contribution in [0.2, 0.25) is 0 Å². The van der Waals surface area contributed by atoms with Crippen LogP contribution in [0.15, 0.2) is 0 Å². The van der Waals surface area contributed by atoms with Gasteiger partial charge in [-0.15, -0.1) is 11.3 Å². The van der Waals surface area contributed by atoms with Crippen LogP contribution in [0.3, 0.4) is 0 Å². The maximum absolute atomic E-state index is 10.9. The Morgan fingerprint density at radius 3 is 2.50 bits per heavy atom. The van der Waals surface area contributed by atoms with Crippen LogP contribution in [0, 0.1) is 0 Å². The van der Waals surface area contributed by atoms with Crippen LogP contribution in [0.1, 0.15) is 50.2 Å². The van der Waals surface area contributed by atoms with E-state index in [0.29, 0.717) is 5.25 Å². The number of carboxylic acids is 1. The number of nitrogens with zero attached hydrogens (tertiary/aromatic N) is 1. The maximum atomic E-state index is 10.9. The van der Waals surface area contributed by atoms with Crippen LogP contribution in [0.25, 0.3) is 0 Å². The highest BCUT2D eigenvalue weighted by Crippen LogP contribution is 2.32. The number of carbonyl (C=O) groups is 1. The first-order chi connectivity index (χ1) is 8.20. The zero-order valence-electron chi connectivity index (χ0n) is 11.6. The van der Waals surface area contributed by atoms with E-state index in [-0.39, 0.29) is 11.8 Å². The van der Waals surface area contributed by atoms with Gasteiger partial charge in [0.2, 0.25) is 0 Å². The van der Waals surface area contributed by atoms with Gasteiger partial charge in [-0.1, -0.05) is 34.6 Å². The van der Waals surface area contributed by atoms with Crippen molar-refractivity contribution in [2.75, 3.05) is 0 Å². The third kappa shape index (κ3) is 4.61. The summed E-state index contributed by atoms with van der Waals surface area (Å²) in [6, 6.07) is 0. The molecule has 1 aromatic rings. The van der Waals surface area contributed by atoms with Gasteiger partial charge in [0.25, 0.3) is 0 Å². The molecule has 18 heavy (non-hydrogen) atoms. The van der Waals surface area contributed by atoms with E-state index in [0.717, 1.165) is 21.3 Å². The molecule has 0 saturated heterocycles. The molecule has 1 aromatic heterocycles. The summed E-state index contributed by atoms with van der Waals surface area (Å²) in [6.07, 6.45) is 0.0800. The normalized spacial score (nSPS) is 12.1. The number of hydrogen-bond donors (Lipinski definition) is 1. The first-order valence-electron chi connectivity index (χ1n) is 6.02. The minimum atomic E-state index is -0.785. The molecule has 0 spiro atoms. The van der Waals surface area contributed by atoms with Gasteiger partial charge in [-0.05, 0) is 5.25 Å². The standard InChI is InChI=1S/C13H21NO2S2/c1-8(2)17-7-10-14-12(13(3,4)5)9(18-10)6-11(15)16/h8H,6-7H2,1-5H3,(H,15,16). The summed E-state index contributed by atoms with van der Waals surface area (Å²) in [6.45, 7) is 10.5. The van der Waals surface area contributed by atoms with Crippen LogP contribution in [-0.2, 0) is 22.4 Å². The predicted molar refractivity (Wildman–Crippen MR) is 78.6 cm³/mol. The number of rotatable bonds is 5. The number of aliphatic carboxylic acids is 1. The zero-order chi connectivity index (χ0) is 13.9. The molecule has 102 valence electrons. The van der Waals surface area contributed by atoms with Crippen LogP contribution in [-0.4, -0.2) is 21.3 Å². The lowest BCUT2D eigenvalue weighted by Gasteiger charge is -2.17. The Hall–Kier alpha value is -0.550. The van der Waals surface area contributed by atoms with Gasteiger partial charge in [-0.2, -0.15) is 11.8 Å². The fourth-order valence-electron chi connectivity index (χ4n) is 1.54. The van der Waals surface area contributed by atoms with E-state index in [2.05, 4.69) is 39.6 Å². The molecule has 0 unspecified atom stereocenters. The van der Waals surface area contributed by atoms with Crippen LogP contribution in [0.4, 0.5) is 0 Å². The molecule has 0 fully saturated rings. The molecule has 3 nitrogen and oxygen atoms in total. The molecular weight excluding hydrogens is 266 g/mol. The van der Waals surface area contributed by atoms with Crippen LogP contribution >= 0.6 is 23.1 Å². The minimum Gasteiger partial charge on any atom is -0.481 e. The Morgan fingerprint density at radius 1 is 1.44 bits per heavy atom. The van der Waals surface area contributed by atoms with Crippen LogP contribution in [0.5, 0.6) is 0 Å². The summed E-state index contributed by atoms with van der Waals surface area (Å²) in [5, 5.41) is 10.6. The highest BCUT2D eigenvalue weighted by Gasteiger charge is 2.24. The zero-order valence-corrected chi connectivity index (χ0v) is 13.2. The minimum absolute atomic E-state index is 0.0800. The quantitative estimate of drug-likeness (QED) is 0.897. The average Bonchev–Trinajstić information content (AvgIpc) is 2.56. The van der Waals surface area contributed by atoms with Crippen molar-refractivity contribution in [2.24, 2.45) is 0 Å². The monoisotopic (exact) mass is 287 g/mol. The van der Waals surface area contributed by atoms with Gasteiger partial charge in [0.1, 0.15) is 5.01 Å². The Morgan fingerprint density at radius 2 is 2.06 bits per heavy atom. The second-order valence-corrected chi connectivity index (χ2v) is 8.29. The molecule has 0 aromatic carbocycles. The maximum Gasteiger partial charge on any atom is 0.308 e. The topological polar surface area (TPSA) is 50.2 Å². The number of aromatic nitrogens is 1. The van der Waals surface area contributed by atoms with Crippen molar-refractivity contribution in [1.82, 2.24) is 4.98 Å². The number of hydrogen-bond acceptors (Lipinski definition) is 4. The van der Waals surface area contributed by atoms with E-state index in [1.54, 1.807) is 11.3 Å². The molecule has 1 N–H and O–H groups in total. The van der Waals surface area contributed by atoms with Gasteiger partial charge < -0.3 is 5.11 Å². The summed E-state index contributed by atoms with van der Waals surface area (Å²) >= 11 is 3.38. The largest absolute Gasteiger partial charge is 0.481 e. The van der Waals surface area contributed by atoms with Gasteiger partial charge in [-0.25, -0.2) is 4.98 Å². The molecule has 5 heteroatoms. The molecule has 0 aliphatic rings. The van der Waals surface area contributed by atoms with Gasteiger partial charge in [0.15, 0.2) is 0 Å². The van der Waals surface area contributed by atoms with Crippen molar-refractivity contribution in [2.45, 2.75) is 57.5 Å². The molecule has 0 atom stereocenters. The third-order valence-corrected chi connectivity index (χ3v) is 4.65. The fraction of sp³-hybridized carbons (Fsp3) is 0.692. The lowest BCUT2D eigenvalue weighted by molar-refractivity contribution is -0.136. The first kappa shape index (κ1) is 15.5. The van der Waals surface area contributed by atoms with E-state index < -0.39 is 5.97 Å².